The lowest BCUT2D eigenvalue weighted by Crippen LogP contribution is -2.30. The van der Waals surface area contributed by atoms with Gasteiger partial charge in [0.15, 0.2) is 0 Å². The van der Waals surface area contributed by atoms with Gasteiger partial charge < -0.3 is 10.5 Å². The van der Waals surface area contributed by atoms with Crippen molar-refractivity contribution in [1.82, 2.24) is 0 Å². The van der Waals surface area contributed by atoms with Crippen LogP contribution in [0.15, 0.2) is 12.1 Å². The molecule has 1 aromatic carbocycles. The Morgan fingerprint density at radius 1 is 1.29 bits per heavy atom. The number of fused-ring (bicyclic) bond motifs is 1. The summed E-state index contributed by atoms with van der Waals surface area (Å²) in [7, 11) is 0. The monoisotopic (exact) mass is 233 g/mol. The van der Waals surface area contributed by atoms with Crippen molar-refractivity contribution in [2.45, 2.75) is 46.1 Å². The first-order valence-corrected chi connectivity index (χ1v) is 6.34. The molecule has 0 aromatic heterocycles. The highest BCUT2D eigenvalue weighted by Gasteiger charge is 2.28. The van der Waals surface area contributed by atoms with Gasteiger partial charge in [0, 0.05) is 17.5 Å². The summed E-state index contributed by atoms with van der Waals surface area (Å²) in [6, 6.07) is 4.55. The fourth-order valence-corrected chi connectivity index (χ4v) is 2.30. The maximum atomic E-state index is 6.29. The molecule has 0 radical (unpaired) electrons. The second-order valence-electron chi connectivity index (χ2n) is 6.28. The molecule has 0 spiro atoms. The summed E-state index contributed by atoms with van der Waals surface area (Å²) >= 11 is 0. The number of nitrogens with two attached hydrogens (primary N) is 1. The van der Waals surface area contributed by atoms with Crippen molar-refractivity contribution in [3.63, 3.8) is 0 Å². The minimum Gasteiger partial charge on any atom is -0.493 e. The summed E-state index contributed by atoms with van der Waals surface area (Å²) in [6.07, 6.45) is 0. The van der Waals surface area contributed by atoms with Gasteiger partial charge in [-0.15, -0.1) is 0 Å². The van der Waals surface area contributed by atoms with Crippen molar-refractivity contribution in [1.29, 1.82) is 0 Å². The highest BCUT2D eigenvalue weighted by molar-refractivity contribution is 5.48. The minimum atomic E-state index is 0.0970. The fourth-order valence-electron chi connectivity index (χ4n) is 2.30. The second kappa shape index (κ2) is 4.02. The largest absolute Gasteiger partial charge is 0.493 e. The van der Waals surface area contributed by atoms with Crippen LogP contribution in [0.5, 0.6) is 5.75 Å². The topological polar surface area (TPSA) is 35.2 Å². The van der Waals surface area contributed by atoms with Crippen LogP contribution >= 0.6 is 0 Å². The van der Waals surface area contributed by atoms with E-state index in [4.69, 9.17) is 10.5 Å². The van der Waals surface area contributed by atoms with E-state index in [0.717, 1.165) is 12.4 Å². The van der Waals surface area contributed by atoms with Crippen LogP contribution in [-0.2, 0) is 5.41 Å². The lowest BCUT2D eigenvalue weighted by atomic mass is 9.82. The predicted octanol–water partition coefficient (Wildman–Crippen LogP) is 3.32. The highest BCUT2D eigenvalue weighted by atomic mass is 16.5. The van der Waals surface area contributed by atoms with E-state index in [1.54, 1.807) is 0 Å². The molecule has 1 aromatic rings. The van der Waals surface area contributed by atoms with Gasteiger partial charge in [0.05, 0.1) is 6.61 Å². The zero-order valence-electron chi connectivity index (χ0n) is 11.5. The highest BCUT2D eigenvalue weighted by Crippen LogP contribution is 2.39. The zero-order chi connectivity index (χ0) is 12.8. The van der Waals surface area contributed by atoms with Crippen molar-refractivity contribution < 1.29 is 4.74 Å². The molecule has 2 N–H and O–H groups in total. The Labute approximate surface area is 104 Å². The van der Waals surface area contributed by atoms with Crippen LogP contribution in [-0.4, -0.2) is 6.61 Å². The molecular formula is C15H23NO. The Hall–Kier alpha value is -1.02. The van der Waals surface area contributed by atoms with Crippen molar-refractivity contribution in [3.05, 3.63) is 28.8 Å². The van der Waals surface area contributed by atoms with E-state index in [1.165, 1.54) is 16.7 Å². The number of hydrogen-bond donors (Lipinski definition) is 1. The number of rotatable bonds is 0. The maximum absolute atomic E-state index is 6.29. The molecule has 17 heavy (non-hydrogen) atoms. The van der Waals surface area contributed by atoms with Crippen LogP contribution in [0.1, 0.15) is 50.4 Å². The van der Waals surface area contributed by atoms with Gasteiger partial charge >= 0.3 is 0 Å². The summed E-state index contributed by atoms with van der Waals surface area (Å²) < 4.78 is 5.82. The first-order chi connectivity index (χ1) is 7.80. The molecule has 94 valence electrons. The normalized spacial score (nSPS) is 24.1. The molecule has 1 heterocycles. The summed E-state index contributed by atoms with van der Waals surface area (Å²) in [5.74, 6) is 1.39. The van der Waals surface area contributed by atoms with Gasteiger partial charge in [0.25, 0.3) is 0 Å². The second-order valence-corrected chi connectivity index (χ2v) is 6.28. The smallest absolute Gasteiger partial charge is 0.127 e. The predicted molar refractivity (Wildman–Crippen MR) is 71.5 cm³/mol. The van der Waals surface area contributed by atoms with Crippen LogP contribution < -0.4 is 10.5 Å². The molecule has 1 aliphatic heterocycles. The van der Waals surface area contributed by atoms with Crippen LogP contribution in [0.3, 0.4) is 0 Å². The van der Waals surface area contributed by atoms with Gasteiger partial charge in [-0.3, -0.25) is 0 Å². The lowest BCUT2D eigenvalue weighted by Gasteiger charge is -2.32. The van der Waals surface area contributed by atoms with Crippen LogP contribution in [0.2, 0.25) is 0 Å². The van der Waals surface area contributed by atoms with Crippen molar-refractivity contribution >= 4 is 0 Å². The van der Waals surface area contributed by atoms with E-state index in [2.05, 4.69) is 46.8 Å². The van der Waals surface area contributed by atoms with Gasteiger partial charge in [-0.2, -0.15) is 0 Å². The third-order valence-corrected chi connectivity index (χ3v) is 3.63. The Balaban J connectivity index is 2.55. The molecule has 0 saturated carbocycles. The SMILES string of the molecule is Cc1cc(C(C)(C)C)cc2c1OCC(C)C2N. The van der Waals surface area contributed by atoms with Crippen LogP contribution in [0.4, 0.5) is 0 Å². The van der Waals surface area contributed by atoms with E-state index >= 15 is 0 Å². The Bertz CT molecular complexity index is 431. The van der Waals surface area contributed by atoms with E-state index in [9.17, 15) is 0 Å². The molecular weight excluding hydrogens is 210 g/mol. The number of aryl methyl sites for hydroxylation is 1. The first-order valence-electron chi connectivity index (χ1n) is 6.34. The van der Waals surface area contributed by atoms with E-state index in [1.807, 2.05) is 0 Å². The molecule has 2 atom stereocenters. The van der Waals surface area contributed by atoms with Crippen molar-refractivity contribution in [2.24, 2.45) is 11.7 Å². The average molecular weight is 233 g/mol. The average Bonchev–Trinajstić information content (AvgIpc) is 2.22. The van der Waals surface area contributed by atoms with Crippen LogP contribution in [0.25, 0.3) is 0 Å². The Morgan fingerprint density at radius 2 is 1.94 bits per heavy atom. The lowest BCUT2D eigenvalue weighted by molar-refractivity contribution is 0.205. The number of benzene rings is 1. The van der Waals surface area contributed by atoms with E-state index in [-0.39, 0.29) is 11.5 Å². The summed E-state index contributed by atoms with van der Waals surface area (Å²) in [5.41, 5.74) is 10.2. The third kappa shape index (κ3) is 2.19. The summed E-state index contributed by atoms with van der Waals surface area (Å²) in [4.78, 5) is 0. The fraction of sp³-hybridized carbons (Fsp3) is 0.600. The minimum absolute atomic E-state index is 0.0970. The van der Waals surface area contributed by atoms with Crippen molar-refractivity contribution in [2.75, 3.05) is 6.61 Å². The van der Waals surface area contributed by atoms with Gasteiger partial charge in [-0.05, 0) is 29.5 Å². The molecule has 0 aliphatic carbocycles. The van der Waals surface area contributed by atoms with Gasteiger partial charge in [-0.25, -0.2) is 0 Å². The zero-order valence-corrected chi connectivity index (χ0v) is 11.5. The molecule has 2 unspecified atom stereocenters. The summed E-state index contributed by atoms with van der Waals surface area (Å²) in [6.45, 7) is 11.7. The number of hydrogen-bond acceptors (Lipinski definition) is 2. The molecule has 0 amide bonds. The molecule has 2 nitrogen and oxygen atoms in total. The Morgan fingerprint density at radius 3 is 2.53 bits per heavy atom. The Kier molecular flexibility index (Phi) is 2.94. The van der Waals surface area contributed by atoms with Gasteiger partial charge in [0.1, 0.15) is 5.75 Å². The first kappa shape index (κ1) is 12.4. The third-order valence-electron chi connectivity index (χ3n) is 3.63. The standard InChI is InChI=1S/C15H23NO/c1-9-6-11(15(3,4)5)7-12-13(16)10(2)8-17-14(9)12/h6-7,10,13H,8,16H2,1-5H3. The molecule has 2 rings (SSSR count). The van der Waals surface area contributed by atoms with Gasteiger partial charge in [0.2, 0.25) is 0 Å². The molecule has 1 aliphatic rings. The summed E-state index contributed by atoms with van der Waals surface area (Å²) in [5, 5.41) is 0. The molecule has 0 fully saturated rings. The van der Waals surface area contributed by atoms with Crippen LogP contribution in [0, 0.1) is 12.8 Å². The molecule has 0 saturated heterocycles. The van der Waals surface area contributed by atoms with E-state index in [0.29, 0.717) is 5.92 Å². The van der Waals surface area contributed by atoms with Crippen molar-refractivity contribution in [3.8, 4) is 5.75 Å². The van der Waals surface area contributed by atoms with Gasteiger partial charge in [-0.1, -0.05) is 33.8 Å². The molecule has 0 bridgehead atoms. The number of ether oxygens (including phenoxy) is 1. The maximum Gasteiger partial charge on any atom is 0.127 e. The quantitative estimate of drug-likeness (QED) is 0.746. The molecule has 2 heteroatoms. The van der Waals surface area contributed by atoms with E-state index < -0.39 is 0 Å².